The largest absolute Gasteiger partial charge is 0.349 e. The van der Waals surface area contributed by atoms with Gasteiger partial charge in [-0.15, -0.1) is 0 Å². The van der Waals surface area contributed by atoms with E-state index in [0.29, 0.717) is 5.95 Å². The van der Waals surface area contributed by atoms with Crippen LogP contribution in [0.5, 0.6) is 0 Å². The molecule has 1 aliphatic carbocycles. The van der Waals surface area contributed by atoms with Crippen molar-refractivity contribution in [2.75, 3.05) is 5.32 Å². The highest BCUT2D eigenvalue weighted by Crippen LogP contribution is 2.37. The third-order valence-electron chi connectivity index (χ3n) is 2.26. The molecule has 0 aromatic carbocycles. The number of hydrogen-bond donors (Lipinski definition) is 1. The number of nitrogens with one attached hydrogen (secondary N) is 1. The molecule has 74 valence electrons. The standard InChI is InChI=1S/C8H10N4O2/c1-8(2-3-8)11-7-9-4-6(5-10-7)12(13)14/h4-5H,2-3H2,1H3,(H,9,10,11). The molecule has 1 aromatic heterocycles. The fourth-order valence-electron chi connectivity index (χ4n) is 1.06. The zero-order valence-corrected chi connectivity index (χ0v) is 7.73. The van der Waals surface area contributed by atoms with Crippen molar-refractivity contribution in [2.45, 2.75) is 25.3 Å². The van der Waals surface area contributed by atoms with Crippen molar-refractivity contribution in [3.8, 4) is 0 Å². The van der Waals surface area contributed by atoms with Crippen molar-refractivity contribution >= 4 is 11.6 Å². The van der Waals surface area contributed by atoms with Gasteiger partial charge in [0.25, 0.3) is 0 Å². The summed E-state index contributed by atoms with van der Waals surface area (Å²) >= 11 is 0. The van der Waals surface area contributed by atoms with Gasteiger partial charge in [-0.1, -0.05) is 0 Å². The molecule has 0 saturated heterocycles. The summed E-state index contributed by atoms with van der Waals surface area (Å²) in [7, 11) is 0. The van der Waals surface area contributed by atoms with Gasteiger partial charge in [0.2, 0.25) is 5.95 Å². The Morgan fingerprint density at radius 3 is 2.50 bits per heavy atom. The van der Waals surface area contributed by atoms with Crippen molar-refractivity contribution in [1.29, 1.82) is 0 Å². The van der Waals surface area contributed by atoms with Crippen molar-refractivity contribution < 1.29 is 4.92 Å². The second kappa shape index (κ2) is 2.90. The van der Waals surface area contributed by atoms with E-state index in [4.69, 9.17) is 0 Å². The van der Waals surface area contributed by atoms with Crippen LogP contribution in [0.3, 0.4) is 0 Å². The molecule has 2 rings (SSSR count). The topological polar surface area (TPSA) is 81.0 Å². The Morgan fingerprint density at radius 1 is 1.50 bits per heavy atom. The van der Waals surface area contributed by atoms with Gasteiger partial charge in [0.15, 0.2) is 0 Å². The van der Waals surface area contributed by atoms with Crippen molar-refractivity contribution in [3.05, 3.63) is 22.5 Å². The first-order chi connectivity index (χ1) is 6.59. The van der Waals surface area contributed by atoms with Gasteiger partial charge >= 0.3 is 5.69 Å². The normalized spacial score (nSPS) is 17.5. The van der Waals surface area contributed by atoms with E-state index < -0.39 is 4.92 Å². The zero-order chi connectivity index (χ0) is 10.2. The Morgan fingerprint density at radius 2 is 2.07 bits per heavy atom. The predicted molar refractivity (Wildman–Crippen MR) is 49.9 cm³/mol. The molecule has 0 radical (unpaired) electrons. The lowest BCUT2D eigenvalue weighted by Crippen LogP contribution is -2.17. The number of nitrogens with zero attached hydrogens (tertiary/aromatic N) is 3. The Bertz CT molecular complexity index is 358. The summed E-state index contributed by atoms with van der Waals surface area (Å²) in [5, 5.41) is 13.4. The highest BCUT2D eigenvalue weighted by Gasteiger charge is 2.37. The molecule has 0 atom stereocenters. The van der Waals surface area contributed by atoms with Crippen LogP contribution in [0.25, 0.3) is 0 Å². The summed E-state index contributed by atoms with van der Waals surface area (Å²) in [4.78, 5) is 17.5. The van der Waals surface area contributed by atoms with E-state index in [0.717, 1.165) is 12.8 Å². The van der Waals surface area contributed by atoms with Gasteiger partial charge in [-0.2, -0.15) is 0 Å². The van der Waals surface area contributed by atoms with E-state index >= 15 is 0 Å². The van der Waals surface area contributed by atoms with Crippen LogP contribution in [0.1, 0.15) is 19.8 Å². The number of nitro groups is 1. The molecule has 0 aliphatic heterocycles. The van der Waals surface area contributed by atoms with Gasteiger partial charge in [0.1, 0.15) is 12.4 Å². The molecule has 1 saturated carbocycles. The van der Waals surface area contributed by atoms with Gasteiger partial charge < -0.3 is 5.32 Å². The minimum Gasteiger partial charge on any atom is -0.349 e. The molecule has 6 nitrogen and oxygen atoms in total. The van der Waals surface area contributed by atoms with Crippen LogP contribution in [0, 0.1) is 10.1 Å². The van der Waals surface area contributed by atoms with E-state index in [9.17, 15) is 10.1 Å². The quantitative estimate of drug-likeness (QED) is 0.580. The third kappa shape index (κ3) is 1.78. The lowest BCUT2D eigenvalue weighted by Gasteiger charge is -2.09. The molecular weight excluding hydrogens is 184 g/mol. The maximum Gasteiger partial charge on any atom is 0.305 e. The Balaban J connectivity index is 2.10. The lowest BCUT2D eigenvalue weighted by molar-refractivity contribution is -0.385. The number of rotatable bonds is 3. The van der Waals surface area contributed by atoms with E-state index in [1.165, 1.54) is 12.4 Å². The first-order valence-electron chi connectivity index (χ1n) is 4.34. The molecule has 1 N–H and O–H groups in total. The molecule has 1 aliphatic rings. The van der Waals surface area contributed by atoms with Crippen LogP contribution >= 0.6 is 0 Å². The van der Waals surface area contributed by atoms with E-state index in [1.807, 2.05) is 0 Å². The van der Waals surface area contributed by atoms with Crippen LogP contribution in [0.4, 0.5) is 11.6 Å². The second-order valence-electron chi connectivity index (χ2n) is 3.71. The summed E-state index contributed by atoms with van der Waals surface area (Å²) in [6.45, 7) is 2.07. The average molecular weight is 194 g/mol. The second-order valence-corrected chi connectivity index (χ2v) is 3.71. The lowest BCUT2D eigenvalue weighted by atomic mass is 10.3. The molecule has 0 bridgehead atoms. The number of anilines is 1. The maximum absolute atomic E-state index is 10.3. The SMILES string of the molecule is CC1(Nc2ncc([N+](=O)[O-])cn2)CC1. The Kier molecular flexibility index (Phi) is 1.83. The highest BCUT2D eigenvalue weighted by molar-refractivity contribution is 5.35. The van der Waals surface area contributed by atoms with Gasteiger partial charge in [0, 0.05) is 5.54 Å². The molecule has 1 aromatic rings. The summed E-state index contributed by atoms with van der Waals surface area (Å²) in [5.74, 6) is 0.454. The molecule has 14 heavy (non-hydrogen) atoms. The Hall–Kier alpha value is -1.72. The first kappa shape index (κ1) is 8.86. The van der Waals surface area contributed by atoms with Gasteiger partial charge in [-0.25, -0.2) is 9.97 Å². The predicted octanol–water partition coefficient (Wildman–Crippen LogP) is 1.35. The van der Waals surface area contributed by atoms with Gasteiger partial charge in [-0.3, -0.25) is 10.1 Å². The molecule has 1 heterocycles. The Labute approximate surface area is 80.5 Å². The van der Waals surface area contributed by atoms with Gasteiger partial charge in [-0.05, 0) is 19.8 Å². The monoisotopic (exact) mass is 194 g/mol. The van der Waals surface area contributed by atoms with Crippen molar-refractivity contribution in [3.63, 3.8) is 0 Å². The molecular formula is C8H10N4O2. The van der Waals surface area contributed by atoms with Crippen molar-refractivity contribution in [1.82, 2.24) is 9.97 Å². The van der Waals surface area contributed by atoms with E-state index in [1.54, 1.807) is 0 Å². The highest BCUT2D eigenvalue weighted by atomic mass is 16.6. The molecule has 6 heteroatoms. The van der Waals surface area contributed by atoms with Crippen LogP contribution in [0.2, 0.25) is 0 Å². The summed E-state index contributed by atoms with van der Waals surface area (Å²) in [6, 6.07) is 0. The van der Waals surface area contributed by atoms with E-state index in [-0.39, 0.29) is 11.2 Å². The average Bonchev–Trinajstić information content (AvgIpc) is 2.84. The molecule has 0 unspecified atom stereocenters. The molecule has 1 fully saturated rings. The van der Waals surface area contributed by atoms with Crippen LogP contribution in [0.15, 0.2) is 12.4 Å². The minimum atomic E-state index is -0.511. The van der Waals surface area contributed by atoms with Crippen LogP contribution < -0.4 is 5.32 Å². The van der Waals surface area contributed by atoms with Crippen LogP contribution in [-0.2, 0) is 0 Å². The smallest absolute Gasteiger partial charge is 0.305 e. The van der Waals surface area contributed by atoms with Crippen molar-refractivity contribution in [2.24, 2.45) is 0 Å². The number of hydrogen-bond acceptors (Lipinski definition) is 5. The fraction of sp³-hybridized carbons (Fsp3) is 0.500. The molecule has 0 amide bonds. The third-order valence-corrected chi connectivity index (χ3v) is 2.26. The number of aromatic nitrogens is 2. The zero-order valence-electron chi connectivity index (χ0n) is 7.73. The fourth-order valence-corrected chi connectivity index (χ4v) is 1.06. The van der Waals surface area contributed by atoms with Gasteiger partial charge in [0.05, 0.1) is 4.92 Å². The molecule has 0 spiro atoms. The summed E-state index contributed by atoms with van der Waals surface area (Å²) in [6.07, 6.45) is 4.60. The maximum atomic E-state index is 10.3. The summed E-state index contributed by atoms with van der Waals surface area (Å²) < 4.78 is 0. The first-order valence-corrected chi connectivity index (χ1v) is 4.34. The summed E-state index contributed by atoms with van der Waals surface area (Å²) in [5.41, 5.74) is 0.00681. The minimum absolute atomic E-state index is 0.0866. The van der Waals surface area contributed by atoms with E-state index in [2.05, 4.69) is 22.2 Å². The van der Waals surface area contributed by atoms with Crippen LogP contribution in [-0.4, -0.2) is 20.4 Å².